The molecule has 0 aromatic carbocycles. The van der Waals surface area contributed by atoms with E-state index in [1.165, 1.54) is 18.4 Å². The van der Waals surface area contributed by atoms with E-state index < -0.39 is 0 Å². The lowest BCUT2D eigenvalue weighted by molar-refractivity contribution is 0.245. The molecule has 5 nitrogen and oxygen atoms in total. The fraction of sp³-hybridized carbons (Fsp3) is 0.438. The summed E-state index contributed by atoms with van der Waals surface area (Å²) in [6, 6.07) is 6.73. The zero-order valence-electron chi connectivity index (χ0n) is 12.6. The Kier molecular flexibility index (Phi) is 4.10. The van der Waals surface area contributed by atoms with Gasteiger partial charge in [0.15, 0.2) is 0 Å². The van der Waals surface area contributed by atoms with E-state index in [-0.39, 0.29) is 0 Å². The summed E-state index contributed by atoms with van der Waals surface area (Å²) in [5, 5.41) is 3.11. The van der Waals surface area contributed by atoms with Gasteiger partial charge in [-0.15, -0.1) is 0 Å². The highest BCUT2D eigenvalue weighted by Gasteiger charge is 2.26. The number of likely N-dealkylation sites (tertiary alicyclic amines) is 1. The minimum Gasteiger partial charge on any atom is -0.373 e. The lowest BCUT2D eigenvalue weighted by Crippen LogP contribution is -2.23. The quantitative estimate of drug-likeness (QED) is 0.934. The first kappa shape index (κ1) is 13.9. The number of pyridine rings is 1. The minimum atomic E-state index is 0.454. The van der Waals surface area contributed by atoms with Crippen LogP contribution in [0.2, 0.25) is 0 Å². The van der Waals surface area contributed by atoms with Gasteiger partial charge in [0.1, 0.15) is 11.6 Å². The molecule has 1 saturated heterocycles. The smallest absolute Gasteiger partial charge is 0.125 e. The number of aromatic nitrogens is 3. The first-order chi connectivity index (χ1) is 10.3. The fourth-order valence-electron chi connectivity index (χ4n) is 2.99. The SMILES string of the molecule is CNc1cc([C@@H]2CCCN2Cc2ccnc(C)n2)ccn1. The van der Waals surface area contributed by atoms with Crippen molar-refractivity contribution < 1.29 is 0 Å². The Hall–Kier alpha value is -2.01. The van der Waals surface area contributed by atoms with Crippen molar-refractivity contribution in [3.63, 3.8) is 0 Å². The third kappa shape index (κ3) is 3.19. The van der Waals surface area contributed by atoms with Crippen molar-refractivity contribution >= 4 is 5.82 Å². The molecule has 1 fully saturated rings. The van der Waals surface area contributed by atoms with Crippen LogP contribution in [0.3, 0.4) is 0 Å². The van der Waals surface area contributed by atoms with E-state index in [0.29, 0.717) is 6.04 Å². The summed E-state index contributed by atoms with van der Waals surface area (Å²) < 4.78 is 0. The molecule has 2 aromatic heterocycles. The van der Waals surface area contributed by atoms with Crippen molar-refractivity contribution in [2.24, 2.45) is 0 Å². The van der Waals surface area contributed by atoms with E-state index in [1.807, 2.05) is 32.4 Å². The molecule has 0 amide bonds. The van der Waals surface area contributed by atoms with Crippen LogP contribution in [0.4, 0.5) is 5.82 Å². The molecule has 3 rings (SSSR count). The van der Waals surface area contributed by atoms with Crippen LogP contribution < -0.4 is 5.32 Å². The van der Waals surface area contributed by atoms with Gasteiger partial charge in [0.2, 0.25) is 0 Å². The second-order valence-electron chi connectivity index (χ2n) is 5.45. The lowest BCUT2D eigenvalue weighted by Gasteiger charge is -2.24. The van der Waals surface area contributed by atoms with Crippen molar-refractivity contribution in [2.75, 3.05) is 18.9 Å². The normalized spacial score (nSPS) is 18.9. The number of anilines is 1. The summed E-state index contributed by atoms with van der Waals surface area (Å²) in [6.45, 7) is 3.93. The number of hydrogen-bond donors (Lipinski definition) is 1. The molecule has 110 valence electrons. The van der Waals surface area contributed by atoms with Gasteiger partial charge in [-0.1, -0.05) is 0 Å². The first-order valence-electron chi connectivity index (χ1n) is 7.42. The highest BCUT2D eigenvalue weighted by atomic mass is 15.2. The fourth-order valence-corrected chi connectivity index (χ4v) is 2.99. The predicted molar refractivity (Wildman–Crippen MR) is 82.9 cm³/mol. The summed E-state index contributed by atoms with van der Waals surface area (Å²) in [5.74, 6) is 1.77. The van der Waals surface area contributed by atoms with Crippen LogP contribution in [0.1, 0.15) is 36.0 Å². The second-order valence-corrected chi connectivity index (χ2v) is 5.45. The van der Waals surface area contributed by atoms with Crippen LogP contribution in [-0.4, -0.2) is 33.4 Å². The topological polar surface area (TPSA) is 53.9 Å². The minimum absolute atomic E-state index is 0.454. The zero-order valence-corrected chi connectivity index (χ0v) is 12.6. The van der Waals surface area contributed by atoms with Gasteiger partial charge in [-0.3, -0.25) is 4.90 Å². The Balaban J connectivity index is 1.78. The van der Waals surface area contributed by atoms with Gasteiger partial charge >= 0.3 is 0 Å². The maximum Gasteiger partial charge on any atom is 0.125 e. The number of rotatable bonds is 4. The monoisotopic (exact) mass is 283 g/mol. The molecule has 0 bridgehead atoms. The molecule has 0 saturated carbocycles. The molecule has 0 aliphatic carbocycles. The Morgan fingerprint density at radius 3 is 2.95 bits per heavy atom. The van der Waals surface area contributed by atoms with E-state index in [1.54, 1.807) is 0 Å². The van der Waals surface area contributed by atoms with E-state index in [0.717, 1.165) is 30.4 Å². The third-order valence-electron chi connectivity index (χ3n) is 3.99. The van der Waals surface area contributed by atoms with Crippen LogP contribution in [0.15, 0.2) is 30.6 Å². The molecule has 1 atom stereocenters. The molecule has 0 spiro atoms. The molecule has 0 radical (unpaired) electrons. The Labute approximate surface area is 125 Å². The largest absolute Gasteiger partial charge is 0.373 e. The van der Waals surface area contributed by atoms with E-state index in [9.17, 15) is 0 Å². The zero-order chi connectivity index (χ0) is 14.7. The van der Waals surface area contributed by atoms with Crippen molar-refractivity contribution in [3.05, 3.63) is 47.7 Å². The van der Waals surface area contributed by atoms with Gasteiger partial charge in [0.05, 0.1) is 5.69 Å². The molecular formula is C16H21N5. The summed E-state index contributed by atoms with van der Waals surface area (Å²) in [7, 11) is 1.90. The van der Waals surface area contributed by atoms with E-state index >= 15 is 0 Å². The Bertz CT molecular complexity index is 613. The van der Waals surface area contributed by atoms with Crippen LogP contribution in [0.5, 0.6) is 0 Å². The molecule has 1 N–H and O–H groups in total. The molecule has 2 aromatic rings. The highest BCUT2D eigenvalue weighted by Crippen LogP contribution is 2.33. The van der Waals surface area contributed by atoms with Crippen molar-refractivity contribution in [1.29, 1.82) is 0 Å². The van der Waals surface area contributed by atoms with Gasteiger partial charge in [-0.05, 0) is 50.1 Å². The number of nitrogens with one attached hydrogen (secondary N) is 1. The van der Waals surface area contributed by atoms with E-state index in [4.69, 9.17) is 0 Å². The van der Waals surface area contributed by atoms with E-state index in [2.05, 4.69) is 37.3 Å². The molecule has 1 aliphatic heterocycles. The van der Waals surface area contributed by atoms with Gasteiger partial charge in [0, 0.05) is 32.0 Å². The second kappa shape index (κ2) is 6.18. The van der Waals surface area contributed by atoms with Gasteiger partial charge in [0.25, 0.3) is 0 Å². The molecule has 3 heterocycles. The van der Waals surface area contributed by atoms with Gasteiger partial charge in [-0.2, -0.15) is 0 Å². The van der Waals surface area contributed by atoms with Gasteiger partial charge in [-0.25, -0.2) is 15.0 Å². The average molecular weight is 283 g/mol. The predicted octanol–water partition coefficient (Wildman–Crippen LogP) is 2.56. The van der Waals surface area contributed by atoms with Crippen molar-refractivity contribution in [3.8, 4) is 0 Å². The lowest BCUT2D eigenvalue weighted by atomic mass is 10.1. The standard InChI is InChI=1S/C16H21N5/c1-12-18-8-6-14(20-12)11-21-9-3-4-15(21)13-5-7-19-16(10-13)17-2/h5-8,10,15H,3-4,9,11H2,1-2H3,(H,17,19)/t15-/m0/s1. The first-order valence-corrected chi connectivity index (χ1v) is 7.42. The summed E-state index contributed by atoms with van der Waals surface area (Å²) in [6.07, 6.45) is 6.14. The summed E-state index contributed by atoms with van der Waals surface area (Å²) in [4.78, 5) is 15.5. The molecule has 0 unspecified atom stereocenters. The molecule has 5 heteroatoms. The molecule has 21 heavy (non-hydrogen) atoms. The van der Waals surface area contributed by atoms with Crippen LogP contribution >= 0.6 is 0 Å². The molecular weight excluding hydrogens is 262 g/mol. The Morgan fingerprint density at radius 2 is 2.14 bits per heavy atom. The average Bonchev–Trinajstić information content (AvgIpc) is 2.95. The summed E-state index contributed by atoms with van der Waals surface area (Å²) >= 11 is 0. The highest BCUT2D eigenvalue weighted by molar-refractivity contribution is 5.38. The third-order valence-corrected chi connectivity index (χ3v) is 3.99. The van der Waals surface area contributed by atoms with Crippen LogP contribution in [0.25, 0.3) is 0 Å². The number of hydrogen-bond acceptors (Lipinski definition) is 5. The van der Waals surface area contributed by atoms with Crippen molar-refractivity contribution in [1.82, 2.24) is 19.9 Å². The number of aryl methyl sites for hydroxylation is 1. The maximum absolute atomic E-state index is 4.52. The summed E-state index contributed by atoms with van der Waals surface area (Å²) in [5.41, 5.74) is 2.43. The molecule has 1 aliphatic rings. The van der Waals surface area contributed by atoms with Gasteiger partial charge < -0.3 is 5.32 Å². The Morgan fingerprint density at radius 1 is 1.29 bits per heavy atom. The number of nitrogens with zero attached hydrogens (tertiary/aromatic N) is 4. The maximum atomic E-state index is 4.52. The van der Waals surface area contributed by atoms with Crippen LogP contribution in [-0.2, 0) is 6.54 Å². The van der Waals surface area contributed by atoms with Crippen LogP contribution in [0, 0.1) is 6.92 Å². The van der Waals surface area contributed by atoms with Crippen molar-refractivity contribution in [2.45, 2.75) is 32.4 Å².